The van der Waals surface area contributed by atoms with Gasteiger partial charge < -0.3 is 10.4 Å². The summed E-state index contributed by atoms with van der Waals surface area (Å²) in [6, 6.07) is 8.03. The Morgan fingerprint density at radius 3 is 2.55 bits per heavy atom. The number of thiazole rings is 1. The maximum atomic E-state index is 13.4. The average molecular weight is 437 g/mol. The van der Waals surface area contributed by atoms with Gasteiger partial charge in [-0.15, -0.1) is 11.3 Å². The lowest BCUT2D eigenvalue weighted by molar-refractivity contribution is -0.121. The Morgan fingerprint density at radius 1 is 1.19 bits per heavy atom. The van der Waals surface area contributed by atoms with E-state index in [1.165, 1.54) is 43.4 Å². The number of rotatable bonds is 5. The van der Waals surface area contributed by atoms with Crippen LogP contribution >= 0.6 is 11.3 Å². The van der Waals surface area contributed by atoms with Crippen molar-refractivity contribution in [1.82, 2.24) is 4.98 Å². The maximum Gasteiger partial charge on any atom is 0.236 e. The monoisotopic (exact) mass is 436 g/mol. The predicted molar refractivity (Wildman–Crippen MR) is 126 cm³/mol. The number of anilines is 1. The van der Waals surface area contributed by atoms with E-state index in [9.17, 15) is 9.90 Å². The van der Waals surface area contributed by atoms with E-state index in [0.29, 0.717) is 11.0 Å². The van der Waals surface area contributed by atoms with Crippen LogP contribution in [0.3, 0.4) is 0 Å². The van der Waals surface area contributed by atoms with E-state index in [1.807, 2.05) is 29.6 Å². The smallest absolute Gasteiger partial charge is 0.236 e. The Labute approximate surface area is 189 Å². The third-order valence-electron chi connectivity index (χ3n) is 6.97. The molecule has 0 bridgehead atoms. The molecule has 0 spiro atoms. The van der Waals surface area contributed by atoms with Crippen LogP contribution in [0.4, 0.5) is 5.13 Å². The molecule has 2 N–H and O–H groups in total. The second-order valence-electron chi connectivity index (χ2n) is 9.40. The Bertz CT molecular complexity index is 930. The number of hydrogen-bond acceptors (Lipinski definition) is 4. The molecular weight excluding hydrogens is 404 g/mol. The van der Waals surface area contributed by atoms with Gasteiger partial charge in [0.1, 0.15) is 5.60 Å². The summed E-state index contributed by atoms with van der Waals surface area (Å²) in [4.78, 5) is 17.6. The van der Waals surface area contributed by atoms with Crippen LogP contribution in [0, 0.1) is 17.8 Å². The lowest BCUT2D eigenvalue weighted by Crippen LogP contribution is -2.39. The first-order chi connectivity index (χ1) is 15.0. The van der Waals surface area contributed by atoms with Gasteiger partial charge in [0.25, 0.3) is 0 Å². The number of carbonyl (C=O) groups excluding carboxylic acids is 1. The van der Waals surface area contributed by atoms with E-state index >= 15 is 0 Å². The molecule has 0 aliphatic heterocycles. The summed E-state index contributed by atoms with van der Waals surface area (Å²) in [6.45, 7) is 2.06. The standard InChI is InChI=1S/C26H32N2O2S/c1-25(19-21-7-3-4-8-21,23(29)28-24-27-17-18-31-24)22-11-9-20(10-12-22)13-16-26(30)14-5-2-6-15-26/h9-12,17-18,21,30H,2-8,14-15,19H2,1H3,(H,27,28,29). The molecule has 4 rings (SSSR count). The van der Waals surface area contributed by atoms with Gasteiger partial charge in [-0.05, 0) is 62.6 Å². The van der Waals surface area contributed by atoms with Gasteiger partial charge in [-0.3, -0.25) is 4.79 Å². The highest BCUT2D eigenvalue weighted by atomic mass is 32.1. The number of nitrogens with one attached hydrogen (secondary N) is 1. The highest BCUT2D eigenvalue weighted by Gasteiger charge is 2.38. The number of benzene rings is 1. The summed E-state index contributed by atoms with van der Waals surface area (Å²) in [5.74, 6) is 6.85. The number of carbonyl (C=O) groups is 1. The first-order valence-electron chi connectivity index (χ1n) is 11.5. The minimum absolute atomic E-state index is 0.00435. The van der Waals surface area contributed by atoms with E-state index < -0.39 is 11.0 Å². The number of nitrogens with zero attached hydrogens (tertiary/aromatic N) is 1. The largest absolute Gasteiger partial charge is 0.378 e. The van der Waals surface area contributed by atoms with E-state index in [4.69, 9.17) is 0 Å². The third-order valence-corrected chi connectivity index (χ3v) is 7.66. The van der Waals surface area contributed by atoms with Crippen molar-refractivity contribution < 1.29 is 9.90 Å². The topological polar surface area (TPSA) is 62.2 Å². The molecule has 2 aromatic rings. The van der Waals surface area contributed by atoms with Crippen molar-refractivity contribution in [2.75, 3.05) is 5.32 Å². The van der Waals surface area contributed by atoms with Gasteiger partial charge in [-0.2, -0.15) is 0 Å². The molecule has 2 aliphatic rings. The van der Waals surface area contributed by atoms with Crippen LogP contribution in [0.25, 0.3) is 0 Å². The molecule has 0 radical (unpaired) electrons. The zero-order valence-electron chi connectivity index (χ0n) is 18.3. The Hall–Kier alpha value is -2.16. The highest BCUT2D eigenvalue weighted by Crippen LogP contribution is 2.39. The van der Waals surface area contributed by atoms with E-state index in [2.05, 4.69) is 29.1 Å². The van der Waals surface area contributed by atoms with Gasteiger partial charge in [-0.25, -0.2) is 4.98 Å². The molecule has 2 fully saturated rings. The minimum atomic E-state index is -0.846. The Morgan fingerprint density at radius 2 is 1.90 bits per heavy atom. The zero-order valence-corrected chi connectivity index (χ0v) is 19.1. The van der Waals surface area contributed by atoms with Crippen LogP contribution < -0.4 is 5.32 Å². The Balaban J connectivity index is 1.55. The molecule has 1 amide bonds. The molecule has 31 heavy (non-hydrogen) atoms. The minimum Gasteiger partial charge on any atom is -0.378 e. The molecule has 1 aromatic heterocycles. The van der Waals surface area contributed by atoms with Crippen LogP contribution in [-0.2, 0) is 10.2 Å². The van der Waals surface area contributed by atoms with Gasteiger partial charge in [-0.1, -0.05) is 56.1 Å². The van der Waals surface area contributed by atoms with Crippen molar-refractivity contribution in [2.45, 2.75) is 82.1 Å². The van der Waals surface area contributed by atoms with Crippen molar-refractivity contribution in [2.24, 2.45) is 5.92 Å². The molecule has 2 saturated carbocycles. The lowest BCUT2D eigenvalue weighted by atomic mass is 9.74. The van der Waals surface area contributed by atoms with Gasteiger partial charge in [0.15, 0.2) is 5.13 Å². The van der Waals surface area contributed by atoms with Crippen LogP contribution in [0.1, 0.15) is 82.3 Å². The molecule has 2 aliphatic carbocycles. The average Bonchev–Trinajstić information content (AvgIpc) is 3.47. The first-order valence-corrected chi connectivity index (χ1v) is 12.4. The first kappa shape index (κ1) is 22.0. The molecule has 4 nitrogen and oxygen atoms in total. The summed E-state index contributed by atoms with van der Waals surface area (Å²) >= 11 is 1.44. The van der Waals surface area contributed by atoms with E-state index in [0.717, 1.165) is 43.2 Å². The van der Waals surface area contributed by atoms with Crippen molar-refractivity contribution in [3.63, 3.8) is 0 Å². The SMILES string of the molecule is CC(CC1CCCC1)(C(=O)Nc1nccs1)c1ccc(C#CC2(O)CCCCC2)cc1. The maximum absolute atomic E-state index is 13.4. The zero-order chi connectivity index (χ0) is 21.7. The molecule has 1 heterocycles. The summed E-state index contributed by atoms with van der Waals surface area (Å²) in [5.41, 5.74) is 0.428. The van der Waals surface area contributed by atoms with E-state index in [-0.39, 0.29) is 5.91 Å². The fourth-order valence-electron chi connectivity index (χ4n) is 5.03. The van der Waals surface area contributed by atoms with Gasteiger partial charge >= 0.3 is 0 Å². The lowest BCUT2D eigenvalue weighted by Gasteiger charge is -2.31. The molecule has 164 valence electrons. The quantitative estimate of drug-likeness (QED) is 0.594. The van der Waals surface area contributed by atoms with Crippen molar-refractivity contribution in [1.29, 1.82) is 0 Å². The Kier molecular flexibility index (Phi) is 6.79. The second-order valence-corrected chi connectivity index (χ2v) is 10.3. The molecule has 5 heteroatoms. The molecule has 1 atom stereocenters. The molecular formula is C26H32N2O2S. The third kappa shape index (κ3) is 5.37. The van der Waals surface area contributed by atoms with Crippen LogP contribution in [0.15, 0.2) is 35.8 Å². The summed E-state index contributed by atoms with van der Waals surface area (Å²) in [7, 11) is 0. The fourth-order valence-corrected chi connectivity index (χ4v) is 5.55. The molecule has 0 saturated heterocycles. The van der Waals surface area contributed by atoms with Crippen molar-refractivity contribution in [3.05, 3.63) is 47.0 Å². The summed E-state index contributed by atoms with van der Waals surface area (Å²) in [5, 5.41) is 16.2. The number of aromatic nitrogens is 1. The van der Waals surface area contributed by atoms with Crippen LogP contribution in [0.2, 0.25) is 0 Å². The molecule has 1 unspecified atom stereocenters. The van der Waals surface area contributed by atoms with Gasteiger partial charge in [0, 0.05) is 17.1 Å². The van der Waals surface area contributed by atoms with Crippen LogP contribution in [0.5, 0.6) is 0 Å². The van der Waals surface area contributed by atoms with Crippen molar-refractivity contribution in [3.8, 4) is 11.8 Å². The van der Waals surface area contributed by atoms with Gasteiger partial charge in [0.2, 0.25) is 5.91 Å². The van der Waals surface area contributed by atoms with Crippen molar-refractivity contribution >= 4 is 22.4 Å². The fraction of sp³-hybridized carbons (Fsp3) is 0.538. The number of hydrogen-bond donors (Lipinski definition) is 2. The van der Waals surface area contributed by atoms with Crippen LogP contribution in [-0.4, -0.2) is 21.6 Å². The summed E-state index contributed by atoms with van der Waals surface area (Å²) in [6.07, 6.45) is 12.2. The molecule has 1 aromatic carbocycles. The van der Waals surface area contributed by atoms with Gasteiger partial charge in [0.05, 0.1) is 5.41 Å². The number of amides is 1. The normalized spacial score (nSPS) is 20.5. The number of aliphatic hydroxyl groups is 1. The predicted octanol–water partition coefficient (Wildman–Crippen LogP) is 5.67. The highest BCUT2D eigenvalue weighted by molar-refractivity contribution is 7.13. The van der Waals surface area contributed by atoms with E-state index in [1.54, 1.807) is 6.20 Å². The summed E-state index contributed by atoms with van der Waals surface area (Å²) < 4.78 is 0. The second kappa shape index (κ2) is 9.54.